The second kappa shape index (κ2) is 9.05. The topological polar surface area (TPSA) is 101 Å². The van der Waals surface area contributed by atoms with Gasteiger partial charge in [-0.15, -0.1) is 24.0 Å². The van der Waals surface area contributed by atoms with Gasteiger partial charge in [-0.25, -0.2) is 9.98 Å². The van der Waals surface area contributed by atoms with E-state index >= 15 is 0 Å². The molecule has 0 saturated heterocycles. The number of hydrogen-bond acceptors (Lipinski definition) is 4. The maximum Gasteiger partial charge on any atom is 0.189 e. The van der Waals surface area contributed by atoms with Gasteiger partial charge in [-0.1, -0.05) is 36.4 Å². The number of nitrogens with one attached hydrogen (secondary N) is 2. The van der Waals surface area contributed by atoms with Crippen LogP contribution in [0, 0.1) is 6.92 Å². The molecule has 3 aromatic rings. The lowest BCUT2D eigenvalue weighted by Gasteiger charge is -2.26. The maximum atomic E-state index is 6.13. The van der Waals surface area contributed by atoms with Crippen molar-refractivity contribution in [3.63, 3.8) is 0 Å². The van der Waals surface area contributed by atoms with Gasteiger partial charge in [-0.3, -0.25) is 5.10 Å². The van der Waals surface area contributed by atoms with Gasteiger partial charge in [-0.05, 0) is 24.6 Å². The molecule has 0 radical (unpaired) electrons. The van der Waals surface area contributed by atoms with Crippen molar-refractivity contribution >= 4 is 29.9 Å². The summed E-state index contributed by atoms with van der Waals surface area (Å²) in [6, 6.07) is 16.1. The fraction of sp³-hybridized carbons (Fsp3) is 0.250. The van der Waals surface area contributed by atoms with Crippen molar-refractivity contribution in [2.24, 2.45) is 10.7 Å². The lowest BCUT2D eigenvalue weighted by atomic mass is 10.0. The van der Waals surface area contributed by atoms with E-state index in [1.165, 1.54) is 0 Å². The van der Waals surface area contributed by atoms with Gasteiger partial charge in [0.25, 0.3) is 0 Å². The van der Waals surface area contributed by atoms with Crippen molar-refractivity contribution in [1.82, 2.24) is 20.5 Å². The van der Waals surface area contributed by atoms with E-state index < -0.39 is 0 Å². The first kappa shape index (κ1) is 20.1. The molecule has 28 heavy (non-hydrogen) atoms. The smallest absolute Gasteiger partial charge is 0.189 e. The van der Waals surface area contributed by atoms with Crippen LogP contribution in [0.1, 0.15) is 29.4 Å². The first-order valence-electron chi connectivity index (χ1n) is 8.95. The van der Waals surface area contributed by atoms with E-state index in [4.69, 9.17) is 10.5 Å². The fourth-order valence-electron chi connectivity index (χ4n) is 3.17. The first-order valence-corrected chi connectivity index (χ1v) is 8.95. The molecule has 1 aliphatic rings. The molecular formula is C20H23IN6O. The van der Waals surface area contributed by atoms with Crippen molar-refractivity contribution in [3.05, 3.63) is 65.5 Å². The zero-order chi connectivity index (χ0) is 18.6. The quantitative estimate of drug-likeness (QED) is 0.296. The van der Waals surface area contributed by atoms with Gasteiger partial charge in [0.1, 0.15) is 11.6 Å². The Kier molecular flexibility index (Phi) is 6.50. The molecule has 2 aromatic carbocycles. The monoisotopic (exact) mass is 490 g/mol. The van der Waals surface area contributed by atoms with E-state index in [0.29, 0.717) is 24.9 Å². The minimum atomic E-state index is 0. The van der Waals surface area contributed by atoms with Crippen LogP contribution in [0.25, 0.3) is 11.4 Å². The number of aromatic nitrogens is 3. The highest BCUT2D eigenvalue weighted by molar-refractivity contribution is 14.0. The van der Waals surface area contributed by atoms with Crippen molar-refractivity contribution in [2.45, 2.75) is 25.9 Å². The number of aliphatic imine (C=N–C) groups is 1. The molecule has 0 amide bonds. The van der Waals surface area contributed by atoms with Crippen LogP contribution in [0.3, 0.4) is 0 Å². The largest absolute Gasteiger partial charge is 0.493 e. The predicted molar refractivity (Wildman–Crippen MR) is 120 cm³/mol. The second-order valence-corrected chi connectivity index (χ2v) is 6.52. The van der Waals surface area contributed by atoms with Gasteiger partial charge >= 0.3 is 0 Å². The average Bonchev–Trinajstić information content (AvgIpc) is 3.13. The molecule has 146 valence electrons. The Bertz CT molecular complexity index is 971. The molecule has 4 rings (SSSR count). The molecular weight excluding hydrogens is 467 g/mol. The molecule has 0 saturated carbocycles. The summed E-state index contributed by atoms with van der Waals surface area (Å²) in [5.74, 6) is 2.81. The number of nitrogens with two attached hydrogens (primary N) is 1. The number of aromatic amines is 1. The molecule has 1 atom stereocenters. The third-order valence-electron chi connectivity index (χ3n) is 4.50. The zero-order valence-electron chi connectivity index (χ0n) is 15.6. The van der Waals surface area contributed by atoms with Gasteiger partial charge in [-0.2, -0.15) is 5.10 Å². The summed E-state index contributed by atoms with van der Waals surface area (Å²) in [6.45, 7) is 3.03. The molecule has 8 heteroatoms. The van der Waals surface area contributed by atoms with Gasteiger partial charge in [0.2, 0.25) is 0 Å². The highest BCUT2D eigenvalue weighted by Crippen LogP contribution is 2.31. The van der Waals surface area contributed by atoms with Crippen molar-refractivity contribution in [2.75, 3.05) is 6.61 Å². The number of ether oxygens (including phenoxy) is 1. The normalized spacial score (nSPS) is 15.9. The first-order chi connectivity index (χ1) is 13.2. The fourth-order valence-corrected chi connectivity index (χ4v) is 3.17. The summed E-state index contributed by atoms with van der Waals surface area (Å²) in [5.41, 5.74) is 9.25. The third kappa shape index (κ3) is 4.61. The van der Waals surface area contributed by atoms with Crippen LogP contribution in [0.2, 0.25) is 0 Å². The van der Waals surface area contributed by atoms with Crippen molar-refractivity contribution in [3.8, 4) is 17.1 Å². The van der Waals surface area contributed by atoms with E-state index in [0.717, 1.165) is 34.7 Å². The molecule has 0 fully saturated rings. The minimum absolute atomic E-state index is 0. The Balaban J connectivity index is 0.00000225. The molecule has 1 aromatic heterocycles. The van der Waals surface area contributed by atoms with Crippen molar-refractivity contribution < 1.29 is 4.74 Å². The van der Waals surface area contributed by atoms with E-state index in [2.05, 4.69) is 31.6 Å². The lowest BCUT2D eigenvalue weighted by molar-refractivity contribution is 0.262. The molecule has 1 aliphatic heterocycles. The highest BCUT2D eigenvalue weighted by Gasteiger charge is 2.21. The Morgan fingerprint density at radius 3 is 2.96 bits per heavy atom. The number of rotatable bonds is 4. The van der Waals surface area contributed by atoms with E-state index in [-0.39, 0.29) is 30.0 Å². The van der Waals surface area contributed by atoms with Gasteiger partial charge < -0.3 is 15.8 Å². The van der Waals surface area contributed by atoms with Crippen molar-refractivity contribution in [1.29, 1.82) is 0 Å². The Morgan fingerprint density at radius 2 is 2.14 bits per heavy atom. The Labute approximate surface area is 180 Å². The van der Waals surface area contributed by atoms with Gasteiger partial charge in [0, 0.05) is 17.5 Å². The second-order valence-electron chi connectivity index (χ2n) is 6.52. The van der Waals surface area contributed by atoms with Gasteiger partial charge in [0.15, 0.2) is 11.8 Å². The third-order valence-corrected chi connectivity index (χ3v) is 4.50. The lowest BCUT2D eigenvalue weighted by Crippen LogP contribution is -2.37. The van der Waals surface area contributed by atoms with Gasteiger partial charge in [0.05, 0.1) is 19.2 Å². The molecule has 4 N–H and O–H groups in total. The standard InChI is InChI=1S/C20H22N6O.HI/c1-13-23-19(26-25-13)15-6-4-5-14(11-15)12-22-20(21)24-17-9-10-27-18-8-3-2-7-16(17)18;/h2-8,11,17H,9-10,12H2,1H3,(H3,21,22,24)(H,23,25,26);1H. The Hall–Kier alpha value is -2.62. The van der Waals surface area contributed by atoms with E-state index in [1.54, 1.807) is 0 Å². The van der Waals surface area contributed by atoms with Crippen LogP contribution >= 0.6 is 24.0 Å². The van der Waals surface area contributed by atoms with Crippen LogP contribution in [-0.2, 0) is 6.54 Å². The van der Waals surface area contributed by atoms with Crippen LogP contribution in [0.15, 0.2) is 53.5 Å². The molecule has 7 nitrogen and oxygen atoms in total. The molecule has 0 bridgehead atoms. The van der Waals surface area contributed by atoms with E-state index in [1.807, 2.05) is 49.4 Å². The zero-order valence-corrected chi connectivity index (χ0v) is 17.9. The summed E-state index contributed by atoms with van der Waals surface area (Å²) in [4.78, 5) is 8.86. The SMILES string of the molecule is Cc1nc(-c2cccc(CN=C(N)NC3CCOc4ccccc43)c2)n[nH]1.I. The van der Waals surface area contributed by atoms with Crippen LogP contribution in [-0.4, -0.2) is 27.7 Å². The number of para-hydroxylation sites is 1. The summed E-state index contributed by atoms with van der Waals surface area (Å²) < 4.78 is 5.69. The van der Waals surface area contributed by atoms with Crippen LogP contribution in [0.5, 0.6) is 5.75 Å². The van der Waals surface area contributed by atoms with E-state index in [9.17, 15) is 0 Å². The molecule has 2 heterocycles. The Morgan fingerprint density at radius 1 is 1.29 bits per heavy atom. The maximum absolute atomic E-state index is 6.13. The highest BCUT2D eigenvalue weighted by atomic mass is 127. The molecule has 1 unspecified atom stereocenters. The number of fused-ring (bicyclic) bond motifs is 1. The number of benzene rings is 2. The average molecular weight is 490 g/mol. The number of aryl methyl sites for hydroxylation is 1. The molecule has 0 aliphatic carbocycles. The number of hydrogen-bond donors (Lipinski definition) is 3. The number of nitrogens with zero attached hydrogens (tertiary/aromatic N) is 3. The summed E-state index contributed by atoms with van der Waals surface area (Å²) in [7, 11) is 0. The summed E-state index contributed by atoms with van der Waals surface area (Å²) in [5, 5.41) is 10.4. The number of halogens is 1. The number of H-pyrrole nitrogens is 1. The molecule has 0 spiro atoms. The summed E-state index contributed by atoms with van der Waals surface area (Å²) >= 11 is 0. The summed E-state index contributed by atoms with van der Waals surface area (Å²) in [6.07, 6.45) is 0.854. The number of guanidine groups is 1. The van der Waals surface area contributed by atoms with Crippen LogP contribution in [0.4, 0.5) is 0 Å². The predicted octanol–water partition coefficient (Wildman–Crippen LogP) is 3.33. The van der Waals surface area contributed by atoms with Crippen LogP contribution < -0.4 is 15.8 Å². The minimum Gasteiger partial charge on any atom is -0.493 e.